The quantitative estimate of drug-likeness (QED) is 0.635. The van der Waals surface area contributed by atoms with Gasteiger partial charge in [0.05, 0.1) is 12.0 Å². The number of carbonyl (C=O) groups excluding carboxylic acids is 1. The zero-order chi connectivity index (χ0) is 22.3. The minimum Gasteiger partial charge on any atom is -0.406 e. The van der Waals surface area contributed by atoms with Gasteiger partial charge >= 0.3 is 6.36 Å². The zero-order valence-corrected chi connectivity index (χ0v) is 16.8. The number of fused-ring (bicyclic) bond motifs is 1. The Morgan fingerprint density at radius 1 is 1.10 bits per heavy atom. The molecule has 1 aromatic carbocycles. The smallest absolute Gasteiger partial charge is 0.406 e. The van der Waals surface area contributed by atoms with Crippen LogP contribution in [0.15, 0.2) is 47.7 Å². The number of benzene rings is 1. The molecule has 1 amide bonds. The van der Waals surface area contributed by atoms with Crippen LogP contribution in [-0.2, 0) is 13.1 Å². The number of pyridine rings is 1. The number of hydrogen-bond acceptors (Lipinski definition) is 4. The van der Waals surface area contributed by atoms with Gasteiger partial charge in [-0.05, 0) is 49.2 Å². The predicted octanol–water partition coefficient (Wildman–Crippen LogP) is 3.21. The first kappa shape index (κ1) is 20.7. The molecule has 0 atom stereocenters. The summed E-state index contributed by atoms with van der Waals surface area (Å²) in [7, 11) is 0. The molecule has 7 nitrogen and oxygen atoms in total. The van der Waals surface area contributed by atoms with E-state index < -0.39 is 6.36 Å². The molecule has 4 rings (SSSR count). The van der Waals surface area contributed by atoms with Gasteiger partial charge in [0.2, 0.25) is 0 Å². The Hall–Kier alpha value is -3.56. The molecule has 0 radical (unpaired) electrons. The van der Waals surface area contributed by atoms with Gasteiger partial charge < -0.3 is 18.8 Å². The van der Waals surface area contributed by atoms with E-state index in [-0.39, 0.29) is 29.5 Å². The summed E-state index contributed by atoms with van der Waals surface area (Å²) < 4.78 is 44.2. The molecule has 31 heavy (non-hydrogen) atoms. The highest BCUT2D eigenvalue weighted by atomic mass is 19.4. The van der Waals surface area contributed by atoms with Crippen LogP contribution in [-0.4, -0.2) is 37.8 Å². The Morgan fingerprint density at radius 3 is 2.52 bits per heavy atom. The fraction of sp³-hybridized carbons (Fsp3) is 0.286. The molecule has 0 unspecified atom stereocenters. The average Bonchev–Trinajstić information content (AvgIpc) is 3.11. The Bertz CT molecular complexity index is 1210. The van der Waals surface area contributed by atoms with Crippen LogP contribution in [0.1, 0.15) is 27.3 Å². The van der Waals surface area contributed by atoms with E-state index in [1.807, 2.05) is 6.92 Å². The van der Waals surface area contributed by atoms with Crippen molar-refractivity contribution in [2.75, 3.05) is 6.54 Å². The molecule has 10 heteroatoms. The lowest BCUT2D eigenvalue weighted by Crippen LogP contribution is -2.44. The third-order valence-electron chi connectivity index (χ3n) is 5.15. The van der Waals surface area contributed by atoms with Gasteiger partial charge in [-0.25, -0.2) is 4.98 Å². The highest BCUT2D eigenvalue weighted by Crippen LogP contribution is 2.26. The second kappa shape index (κ2) is 7.60. The minimum atomic E-state index is -4.76. The third-order valence-corrected chi connectivity index (χ3v) is 5.15. The molecule has 3 heterocycles. The summed E-state index contributed by atoms with van der Waals surface area (Å²) in [6.45, 7) is 4.31. The molecule has 0 N–H and O–H groups in total. The van der Waals surface area contributed by atoms with Crippen LogP contribution in [0.25, 0.3) is 5.69 Å². The van der Waals surface area contributed by atoms with E-state index in [9.17, 15) is 22.8 Å². The number of carbonyl (C=O) groups is 1. The maximum absolute atomic E-state index is 13.0. The second-order valence-electron chi connectivity index (χ2n) is 7.35. The molecule has 162 valence electrons. The first-order valence-electron chi connectivity index (χ1n) is 9.52. The minimum absolute atomic E-state index is 0.216. The molecule has 0 saturated heterocycles. The van der Waals surface area contributed by atoms with E-state index in [1.165, 1.54) is 22.8 Å². The standard InChI is InChI=1S/C21H19F3N4O3/c1-13-9-16(31-21(22,23)24)4-3-15(13)11-26-7-8-28-18(19(26)29)6-5-17(20(28)30)27-10-14(2)25-12-27/h3-6,9-10,12H,7-8,11H2,1-2H3. The van der Waals surface area contributed by atoms with E-state index in [0.29, 0.717) is 29.9 Å². The van der Waals surface area contributed by atoms with Crippen molar-refractivity contribution in [2.24, 2.45) is 0 Å². The van der Waals surface area contributed by atoms with Crippen molar-refractivity contribution < 1.29 is 22.7 Å². The number of imidazole rings is 1. The number of amides is 1. The fourth-order valence-corrected chi connectivity index (χ4v) is 3.61. The lowest BCUT2D eigenvalue weighted by Gasteiger charge is -2.30. The highest BCUT2D eigenvalue weighted by molar-refractivity contribution is 5.93. The summed E-state index contributed by atoms with van der Waals surface area (Å²) in [4.78, 5) is 31.5. The first-order chi connectivity index (χ1) is 14.6. The molecule has 0 aliphatic carbocycles. The predicted molar refractivity (Wildman–Crippen MR) is 105 cm³/mol. The maximum atomic E-state index is 13.0. The van der Waals surface area contributed by atoms with Crippen LogP contribution in [0.3, 0.4) is 0 Å². The lowest BCUT2D eigenvalue weighted by atomic mass is 10.1. The second-order valence-corrected chi connectivity index (χ2v) is 7.35. The van der Waals surface area contributed by atoms with Gasteiger partial charge in [0.15, 0.2) is 0 Å². The topological polar surface area (TPSA) is 69.4 Å². The molecular formula is C21H19F3N4O3. The van der Waals surface area contributed by atoms with Crippen molar-refractivity contribution in [3.05, 3.63) is 75.7 Å². The normalized spacial score (nSPS) is 14.0. The van der Waals surface area contributed by atoms with Crippen LogP contribution >= 0.6 is 0 Å². The van der Waals surface area contributed by atoms with Crippen LogP contribution in [0.2, 0.25) is 0 Å². The number of aryl methyl sites for hydroxylation is 2. The first-order valence-corrected chi connectivity index (χ1v) is 9.52. The molecule has 0 spiro atoms. The largest absolute Gasteiger partial charge is 0.573 e. The van der Waals surface area contributed by atoms with E-state index in [0.717, 1.165) is 5.69 Å². The molecule has 0 saturated carbocycles. The van der Waals surface area contributed by atoms with Crippen molar-refractivity contribution in [3.8, 4) is 11.4 Å². The van der Waals surface area contributed by atoms with Crippen molar-refractivity contribution in [1.82, 2.24) is 19.0 Å². The SMILES string of the molecule is Cc1cn(-c2ccc3n(c2=O)CCN(Cc2ccc(OC(F)(F)F)cc2C)C3=O)cn1. The van der Waals surface area contributed by atoms with Crippen LogP contribution < -0.4 is 10.3 Å². The van der Waals surface area contributed by atoms with E-state index in [4.69, 9.17) is 0 Å². The van der Waals surface area contributed by atoms with E-state index in [2.05, 4.69) is 9.72 Å². The van der Waals surface area contributed by atoms with Gasteiger partial charge in [-0.1, -0.05) is 6.07 Å². The summed E-state index contributed by atoms with van der Waals surface area (Å²) in [5, 5.41) is 0. The van der Waals surface area contributed by atoms with Crippen LogP contribution in [0, 0.1) is 13.8 Å². The number of rotatable bonds is 4. The summed E-state index contributed by atoms with van der Waals surface area (Å²) in [6.07, 6.45) is -1.48. The lowest BCUT2D eigenvalue weighted by molar-refractivity contribution is -0.274. The fourth-order valence-electron chi connectivity index (χ4n) is 3.61. The van der Waals surface area contributed by atoms with Crippen molar-refractivity contribution in [3.63, 3.8) is 0 Å². The van der Waals surface area contributed by atoms with E-state index >= 15 is 0 Å². The average molecular weight is 432 g/mol. The van der Waals surface area contributed by atoms with E-state index in [1.54, 1.807) is 41.0 Å². The van der Waals surface area contributed by atoms with Crippen molar-refractivity contribution in [2.45, 2.75) is 33.3 Å². The summed E-state index contributed by atoms with van der Waals surface area (Å²) in [6, 6.07) is 7.21. The van der Waals surface area contributed by atoms with Gasteiger partial charge in [0, 0.05) is 25.8 Å². The summed E-state index contributed by atoms with van der Waals surface area (Å²) >= 11 is 0. The number of halogens is 3. The monoisotopic (exact) mass is 432 g/mol. The molecule has 0 fully saturated rings. The molecule has 1 aliphatic rings. The molecule has 3 aromatic rings. The Kier molecular flexibility index (Phi) is 5.08. The van der Waals surface area contributed by atoms with Crippen molar-refractivity contribution >= 4 is 5.91 Å². The third kappa shape index (κ3) is 4.18. The van der Waals surface area contributed by atoms with Gasteiger partial charge in [-0.2, -0.15) is 0 Å². The molecular weight excluding hydrogens is 413 g/mol. The Balaban J connectivity index is 1.56. The highest BCUT2D eigenvalue weighted by Gasteiger charge is 2.31. The number of hydrogen-bond donors (Lipinski definition) is 0. The molecule has 1 aliphatic heterocycles. The van der Waals surface area contributed by atoms with Gasteiger partial charge in [-0.15, -0.1) is 13.2 Å². The Labute approximate surface area is 175 Å². The number of nitrogens with zero attached hydrogens (tertiary/aromatic N) is 4. The van der Waals surface area contributed by atoms with Gasteiger partial charge in [0.25, 0.3) is 11.5 Å². The Morgan fingerprint density at radius 2 is 1.87 bits per heavy atom. The zero-order valence-electron chi connectivity index (χ0n) is 16.8. The number of aromatic nitrogens is 3. The molecule has 0 bridgehead atoms. The number of ether oxygens (including phenoxy) is 1. The summed E-state index contributed by atoms with van der Waals surface area (Å²) in [5.41, 5.74) is 2.43. The van der Waals surface area contributed by atoms with Crippen molar-refractivity contribution in [1.29, 1.82) is 0 Å². The van der Waals surface area contributed by atoms with Crippen LogP contribution in [0.4, 0.5) is 13.2 Å². The number of alkyl halides is 3. The van der Waals surface area contributed by atoms with Gasteiger partial charge in [-0.3, -0.25) is 9.59 Å². The van der Waals surface area contributed by atoms with Crippen LogP contribution in [0.5, 0.6) is 5.75 Å². The molecule has 2 aromatic heterocycles. The van der Waals surface area contributed by atoms with Gasteiger partial charge in [0.1, 0.15) is 17.1 Å². The summed E-state index contributed by atoms with van der Waals surface area (Å²) in [5.74, 6) is -0.621. The maximum Gasteiger partial charge on any atom is 0.573 e.